The maximum Gasteiger partial charge on any atom is 0.422 e. The highest BCUT2D eigenvalue weighted by Gasteiger charge is 2.28. The van der Waals surface area contributed by atoms with Crippen LogP contribution in [0.4, 0.5) is 18.9 Å². The summed E-state index contributed by atoms with van der Waals surface area (Å²) in [5.41, 5.74) is 3.06. The van der Waals surface area contributed by atoms with E-state index in [0.717, 1.165) is 35.9 Å². The highest BCUT2D eigenvalue weighted by molar-refractivity contribution is 5.94. The Balaban J connectivity index is 0.00000243. The Bertz CT molecular complexity index is 731. The van der Waals surface area contributed by atoms with E-state index in [1.165, 1.54) is 0 Å². The Labute approximate surface area is 155 Å². The van der Waals surface area contributed by atoms with Crippen molar-refractivity contribution in [2.45, 2.75) is 12.6 Å². The Hall–Kier alpha value is -2.41. The summed E-state index contributed by atoms with van der Waals surface area (Å²) >= 11 is 0. The van der Waals surface area contributed by atoms with Crippen molar-refractivity contribution in [1.82, 2.24) is 5.32 Å². The van der Waals surface area contributed by atoms with Crippen LogP contribution in [0.25, 0.3) is 0 Å². The number of halogens is 4. The third kappa shape index (κ3) is 6.15. The van der Waals surface area contributed by atoms with E-state index in [9.17, 15) is 13.2 Å². The molecule has 1 aliphatic heterocycles. The second-order valence-electron chi connectivity index (χ2n) is 5.70. The summed E-state index contributed by atoms with van der Waals surface area (Å²) in [6.07, 6.45) is -3.63. The van der Waals surface area contributed by atoms with Crippen molar-refractivity contribution in [3.05, 3.63) is 59.7 Å². The van der Waals surface area contributed by atoms with Gasteiger partial charge in [-0.05, 0) is 41.8 Å². The van der Waals surface area contributed by atoms with Crippen LogP contribution >= 0.6 is 12.4 Å². The molecule has 1 aliphatic rings. The molecule has 0 bridgehead atoms. The lowest BCUT2D eigenvalue weighted by Crippen LogP contribution is -2.26. The maximum atomic E-state index is 12.1. The van der Waals surface area contributed by atoms with Crippen molar-refractivity contribution in [1.29, 1.82) is 0 Å². The van der Waals surface area contributed by atoms with Crippen LogP contribution in [-0.4, -0.2) is 31.8 Å². The largest absolute Gasteiger partial charge is 0.484 e. The molecule has 26 heavy (non-hydrogen) atoms. The lowest BCUT2D eigenvalue weighted by Gasteiger charge is -2.10. The van der Waals surface area contributed by atoms with Crippen molar-refractivity contribution in [2.75, 3.05) is 25.0 Å². The second-order valence-corrected chi connectivity index (χ2v) is 5.70. The highest BCUT2D eigenvalue weighted by atomic mass is 35.5. The predicted octanol–water partition coefficient (Wildman–Crippen LogP) is 4.01. The van der Waals surface area contributed by atoms with Gasteiger partial charge in [-0.2, -0.15) is 13.2 Å². The molecule has 2 aromatic carbocycles. The number of rotatable bonds is 5. The van der Waals surface area contributed by atoms with Crippen molar-refractivity contribution in [2.24, 2.45) is 4.99 Å². The molecule has 0 spiro atoms. The molecule has 0 aliphatic carbocycles. The Morgan fingerprint density at radius 2 is 1.62 bits per heavy atom. The Morgan fingerprint density at radius 1 is 1.00 bits per heavy atom. The van der Waals surface area contributed by atoms with Gasteiger partial charge < -0.3 is 15.4 Å². The van der Waals surface area contributed by atoms with E-state index in [2.05, 4.69) is 15.6 Å². The van der Waals surface area contributed by atoms with E-state index in [4.69, 9.17) is 4.74 Å². The summed E-state index contributed by atoms with van der Waals surface area (Å²) in [6.45, 7) is 0.354. The van der Waals surface area contributed by atoms with E-state index in [1.54, 1.807) is 24.3 Å². The molecule has 4 nitrogen and oxygen atoms in total. The van der Waals surface area contributed by atoms with Gasteiger partial charge in [0.15, 0.2) is 12.6 Å². The van der Waals surface area contributed by atoms with Crippen molar-refractivity contribution in [3.63, 3.8) is 0 Å². The molecular weight excluding hydrogens is 367 g/mol. The monoisotopic (exact) mass is 385 g/mol. The van der Waals surface area contributed by atoms with Gasteiger partial charge >= 0.3 is 6.18 Å². The fourth-order valence-corrected chi connectivity index (χ4v) is 2.43. The molecule has 1 heterocycles. The summed E-state index contributed by atoms with van der Waals surface area (Å²) in [4.78, 5) is 4.27. The van der Waals surface area contributed by atoms with Crippen LogP contribution in [0.15, 0.2) is 53.5 Å². The quantitative estimate of drug-likeness (QED) is 0.817. The van der Waals surface area contributed by atoms with Gasteiger partial charge in [0, 0.05) is 12.2 Å². The van der Waals surface area contributed by atoms with E-state index in [-0.39, 0.29) is 18.2 Å². The molecule has 0 saturated carbocycles. The zero-order valence-electron chi connectivity index (χ0n) is 13.8. The molecule has 2 aromatic rings. The van der Waals surface area contributed by atoms with Gasteiger partial charge in [0.2, 0.25) is 0 Å². The van der Waals surface area contributed by atoms with Gasteiger partial charge in [0.05, 0.1) is 6.54 Å². The molecule has 2 N–H and O–H groups in total. The molecule has 8 heteroatoms. The number of nitrogens with one attached hydrogen (secondary N) is 2. The molecule has 0 atom stereocenters. The first-order valence-corrected chi connectivity index (χ1v) is 7.91. The first-order chi connectivity index (χ1) is 12.0. The molecule has 0 radical (unpaired) electrons. The minimum absolute atomic E-state index is 0. The van der Waals surface area contributed by atoms with Crippen molar-refractivity contribution in [3.8, 4) is 5.75 Å². The molecule has 0 amide bonds. The number of benzene rings is 2. The van der Waals surface area contributed by atoms with Gasteiger partial charge in [0.1, 0.15) is 5.75 Å². The van der Waals surface area contributed by atoms with E-state index >= 15 is 0 Å². The average molecular weight is 386 g/mol. The number of alkyl halides is 3. The fraction of sp³-hybridized carbons (Fsp3) is 0.278. The van der Waals surface area contributed by atoms with Gasteiger partial charge in [-0.15, -0.1) is 12.4 Å². The Kier molecular flexibility index (Phi) is 6.74. The van der Waals surface area contributed by atoms with E-state index in [1.807, 2.05) is 24.3 Å². The summed E-state index contributed by atoms with van der Waals surface area (Å²) in [6, 6.07) is 14.6. The van der Waals surface area contributed by atoms with Crippen LogP contribution in [0.5, 0.6) is 5.75 Å². The van der Waals surface area contributed by atoms with Crippen LogP contribution in [0, 0.1) is 0 Å². The lowest BCUT2D eigenvalue weighted by molar-refractivity contribution is -0.153. The van der Waals surface area contributed by atoms with Gasteiger partial charge in [-0.1, -0.05) is 24.3 Å². The van der Waals surface area contributed by atoms with Crippen molar-refractivity contribution >= 4 is 24.1 Å². The van der Waals surface area contributed by atoms with Crippen LogP contribution < -0.4 is 15.4 Å². The van der Waals surface area contributed by atoms with Gasteiger partial charge in [-0.25, -0.2) is 0 Å². The van der Waals surface area contributed by atoms with Crippen LogP contribution in [0.2, 0.25) is 0 Å². The summed E-state index contributed by atoms with van der Waals surface area (Å²) in [5, 5.41) is 6.34. The highest BCUT2D eigenvalue weighted by Crippen LogP contribution is 2.20. The van der Waals surface area contributed by atoms with Crippen LogP contribution in [0.1, 0.15) is 11.1 Å². The first-order valence-electron chi connectivity index (χ1n) is 7.91. The number of hydrogen-bond acceptors (Lipinski definition) is 4. The molecule has 140 valence electrons. The fourth-order valence-electron chi connectivity index (χ4n) is 2.43. The molecule has 3 rings (SSSR count). The third-order valence-corrected chi connectivity index (χ3v) is 3.62. The zero-order chi connectivity index (χ0) is 17.7. The number of guanidine groups is 1. The molecule has 0 unspecified atom stereocenters. The second kappa shape index (κ2) is 8.80. The smallest absolute Gasteiger partial charge is 0.422 e. The average Bonchev–Trinajstić information content (AvgIpc) is 3.08. The minimum Gasteiger partial charge on any atom is -0.484 e. The van der Waals surface area contributed by atoms with Crippen LogP contribution in [-0.2, 0) is 6.42 Å². The summed E-state index contributed by atoms with van der Waals surface area (Å²) in [5.74, 6) is 0.993. The summed E-state index contributed by atoms with van der Waals surface area (Å²) in [7, 11) is 0. The molecule has 0 saturated heterocycles. The van der Waals surface area contributed by atoms with Crippen molar-refractivity contribution < 1.29 is 17.9 Å². The van der Waals surface area contributed by atoms with Gasteiger partial charge in [0.25, 0.3) is 0 Å². The number of ether oxygens (including phenoxy) is 1. The first kappa shape index (κ1) is 19.9. The number of anilines is 1. The zero-order valence-corrected chi connectivity index (χ0v) is 14.7. The number of nitrogens with zero attached hydrogens (tertiary/aromatic N) is 1. The number of aliphatic imine (C=N–C) groups is 1. The van der Waals surface area contributed by atoms with E-state index < -0.39 is 12.8 Å². The molecule has 0 aromatic heterocycles. The maximum absolute atomic E-state index is 12.1. The standard InChI is InChI=1S/C18H18F3N3O.ClH/c19-18(20,21)12-25-16-7-3-14(4-8-16)11-13-1-5-15(6-2-13)24-17-22-9-10-23-17;/h1-8H,9-12H2,(H2,22,23,24);1H. The normalized spacial score (nSPS) is 13.4. The Morgan fingerprint density at radius 3 is 2.15 bits per heavy atom. The van der Waals surface area contributed by atoms with Gasteiger partial charge in [-0.3, -0.25) is 4.99 Å². The topological polar surface area (TPSA) is 45.6 Å². The van der Waals surface area contributed by atoms with Crippen LogP contribution in [0.3, 0.4) is 0 Å². The predicted molar refractivity (Wildman–Crippen MR) is 98.4 cm³/mol. The van der Waals surface area contributed by atoms with E-state index in [0.29, 0.717) is 6.42 Å². The third-order valence-electron chi connectivity index (χ3n) is 3.62. The minimum atomic E-state index is -4.33. The lowest BCUT2D eigenvalue weighted by atomic mass is 10.0. The summed E-state index contributed by atoms with van der Waals surface area (Å²) < 4.78 is 41.1. The number of hydrogen-bond donors (Lipinski definition) is 2. The molecular formula is C18H19ClF3N3O. The SMILES string of the molecule is Cl.FC(F)(F)COc1ccc(Cc2ccc(NC3=NCCN3)cc2)cc1. The molecule has 0 fully saturated rings.